The molecule has 43 heavy (non-hydrogen) atoms. The van der Waals surface area contributed by atoms with Crippen molar-refractivity contribution < 1.29 is 9.53 Å². The summed E-state index contributed by atoms with van der Waals surface area (Å²) < 4.78 is 8.34. The molecule has 218 valence electrons. The average molecular weight is 575 g/mol. The molecule has 0 aliphatic carbocycles. The third-order valence-electron chi connectivity index (χ3n) is 8.86. The summed E-state index contributed by atoms with van der Waals surface area (Å²) in [5.41, 5.74) is 6.21. The van der Waals surface area contributed by atoms with Gasteiger partial charge in [-0.05, 0) is 72.4 Å². The van der Waals surface area contributed by atoms with Crippen molar-refractivity contribution in [1.29, 1.82) is 0 Å². The Balaban J connectivity index is 1.54. The maximum Gasteiger partial charge on any atom is 0.354 e. The maximum absolute atomic E-state index is 14.2. The zero-order valence-corrected chi connectivity index (χ0v) is 24.8. The van der Waals surface area contributed by atoms with E-state index in [0.717, 1.165) is 49.7 Å². The monoisotopic (exact) mass is 574 g/mol. The van der Waals surface area contributed by atoms with Crippen molar-refractivity contribution in [2.45, 2.75) is 45.7 Å². The molecule has 1 N–H and O–H groups in total. The predicted octanol–water partition coefficient (Wildman–Crippen LogP) is 5.34. The molecule has 0 saturated carbocycles. The second-order valence-corrected chi connectivity index (χ2v) is 11.9. The van der Waals surface area contributed by atoms with Gasteiger partial charge in [0, 0.05) is 24.5 Å². The van der Waals surface area contributed by atoms with Gasteiger partial charge in [0.25, 0.3) is 0 Å². The Morgan fingerprint density at radius 3 is 2.77 bits per heavy atom. The molecule has 4 heterocycles. The summed E-state index contributed by atoms with van der Waals surface area (Å²) in [4.78, 5) is 35.6. The minimum absolute atomic E-state index is 0.0927. The van der Waals surface area contributed by atoms with Gasteiger partial charge in [0.1, 0.15) is 18.2 Å². The predicted molar refractivity (Wildman–Crippen MR) is 169 cm³/mol. The highest BCUT2D eigenvalue weighted by atomic mass is 16.5. The molecule has 0 spiro atoms. The summed E-state index contributed by atoms with van der Waals surface area (Å²) in [5.74, 6) is 1.33. The number of fused-ring (bicyclic) bond motifs is 3. The van der Waals surface area contributed by atoms with Crippen LogP contribution in [0.2, 0.25) is 0 Å². The van der Waals surface area contributed by atoms with E-state index in [1.165, 1.54) is 6.08 Å². The van der Waals surface area contributed by atoms with Crippen LogP contribution < -0.4 is 15.3 Å². The number of anilines is 1. The number of H-pyrrole nitrogens is 1. The number of carbonyl (C=O) groups excluding carboxylic acids is 1. The van der Waals surface area contributed by atoms with Gasteiger partial charge in [-0.1, -0.05) is 44.7 Å². The molecule has 1 fully saturated rings. The smallest absolute Gasteiger partial charge is 0.354 e. The molecule has 2 aliphatic heterocycles. The SMILES string of the molecule is C=CC(=O)N1C[C@H]2COc3cc(-c4c(C)ccc5[nH]ncc45)cc4c3c(nc(=O)n4-c3ccccc3C(C)C)N2C[C@H]1C. The van der Waals surface area contributed by atoms with E-state index >= 15 is 0 Å². The van der Waals surface area contributed by atoms with E-state index < -0.39 is 0 Å². The van der Waals surface area contributed by atoms with Gasteiger partial charge in [0.15, 0.2) is 0 Å². The van der Waals surface area contributed by atoms with Crippen molar-refractivity contribution in [3.8, 4) is 22.6 Å². The number of aromatic amines is 1. The number of ether oxygens (including phenoxy) is 1. The molecule has 1 amide bonds. The van der Waals surface area contributed by atoms with E-state index in [2.05, 4.69) is 66.7 Å². The standard InChI is InChI=1S/C34H34N6O3/c1-6-30(41)38-17-23-18-43-29-14-22(31-20(4)11-12-26-25(31)15-35-37-26)13-28-32(29)33(39(23)16-21(38)5)36-34(42)40(28)27-10-8-7-9-24(27)19(2)3/h6-15,19,21,23H,1,16-18H2,2-5H3,(H,35,37)/t21-,23+/m1/s1. The van der Waals surface area contributed by atoms with Gasteiger partial charge >= 0.3 is 5.69 Å². The first-order valence-electron chi connectivity index (χ1n) is 14.7. The number of amides is 1. The van der Waals surface area contributed by atoms with E-state index in [4.69, 9.17) is 9.72 Å². The highest BCUT2D eigenvalue weighted by Crippen LogP contribution is 2.43. The number of aromatic nitrogens is 4. The zero-order valence-electron chi connectivity index (χ0n) is 24.8. The van der Waals surface area contributed by atoms with Gasteiger partial charge in [0.2, 0.25) is 5.91 Å². The fourth-order valence-corrected chi connectivity index (χ4v) is 6.74. The Hall–Kier alpha value is -4.92. The van der Waals surface area contributed by atoms with Crippen LogP contribution in [0.4, 0.5) is 5.82 Å². The van der Waals surface area contributed by atoms with Crippen LogP contribution >= 0.6 is 0 Å². The van der Waals surface area contributed by atoms with Gasteiger partial charge < -0.3 is 14.5 Å². The lowest BCUT2D eigenvalue weighted by Crippen LogP contribution is -2.60. The quantitative estimate of drug-likeness (QED) is 0.291. The Bertz CT molecular complexity index is 1990. The van der Waals surface area contributed by atoms with Crippen molar-refractivity contribution in [2.24, 2.45) is 0 Å². The second kappa shape index (κ2) is 10.1. The molecule has 2 aliphatic rings. The molecule has 7 rings (SSSR count). The van der Waals surface area contributed by atoms with E-state index in [-0.39, 0.29) is 29.6 Å². The highest BCUT2D eigenvalue weighted by molar-refractivity contribution is 6.03. The van der Waals surface area contributed by atoms with Crippen LogP contribution in [0.1, 0.15) is 37.8 Å². The Kier molecular flexibility index (Phi) is 6.34. The van der Waals surface area contributed by atoms with Crippen LogP contribution in [0.15, 0.2) is 72.2 Å². The van der Waals surface area contributed by atoms with Crippen molar-refractivity contribution >= 4 is 33.5 Å². The molecule has 9 heteroatoms. The molecule has 0 bridgehead atoms. The molecule has 0 radical (unpaired) electrons. The van der Waals surface area contributed by atoms with E-state index in [0.29, 0.717) is 31.3 Å². The number of hydrogen-bond donors (Lipinski definition) is 1. The fourth-order valence-electron chi connectivity index (χ4n) is 6.74. The first-order valence-corrected chi connectivity index (χ1v) is 14.7. The minimum atomic E-state index is -0.352. The molecular formula is C34H34N6O3. The number of benzene rings is 3. The number of nitrogens with zero attached hydrogens (tertiary/aromatic N) is 5. The third-order valence-corrected chi connectivity index (χ3v) is 8.86. The van der Waals surface area contributed by atoms with Crippen LogP contribution in [0.25, 0.3) is 38.6 Å². The van der Waals surface area contributed by atoms with E-state index in [1.54, 1.807) is 4.57 Å². The molecule has 2 atom stereocenters. The zero-order chi connectivity index (χ0) is 30.0. The molecular weight excluding hydrogens is 540 g/mol. The van der Waals surface area contributed by atoms with Crippen LogP contribution in [-0.4, -0.2) is 62.3 Å². The fraction of sp³-hybridized carbons (Fsp3) is 0.294. The lowest BCUT2D eigenvalue weighted by Gasteiger charge is -2.44. The third kappa shape index (κ3) is 4.21. The highest BCUT2D eigenvalue weighted by Gasteiger charge is 2.38. The Morgan fingerprint density at radius 2 is 1.98 bits per heavy atom. The summed E-state index contributed by atoms with van der Waals surface area (Å²) >= 11 is 0. The molecule has 2 aromatic heterocycles. The number of aryl methyl sites for hydroxylation is 1. The summed E-state index contributed by atoms with van der Waals surface area (Å²) in [6, 6.07) is 16.0. The average Bonchev–Trinajstić information content (AvgIpc) is 3.42. The largest absolute Gasteiger partial charge is 0.490 e. The summed E-state index contributed by atoms with van der Waals surface area (Å²) in [7, 11) is 0. The van der Waals surface area contributed by atoms with Crippen LogP contribution in [0, 0.1) is 6.92 Å². The number of hydrogen-bond acceptors (Lipinski definition) is 6. The number of rotatable bonds is 4. The van der Waals surface area contributed by atoms with Crippen molar-refractivity contribution in [2.75, 3.05) is 24.6 Å². The first kappa shape index (κ1) is 26.9. The van der Waals surface area contributed by atoms with Crippen molar-refractivity contribution in [1.82, 2.24) is 24.6 Å². The van der Waals surface area contributed by atoms with Gasteiger partial charge in [0.05, 0.1) is 34.3 Å². The first-order chi connectivity index (χ1) is 20.8. The van der Waals surface area contributed by atoms with E-state index in [1.807, 2.05) is 42.3 Å². The Morgan fingerprint density at radius 1 is 1.16 bits per heavy atom. The van der Waals surface area contributed by atoms with Crippen molar-refractivity contribution in [3.05, 3.63) is 89.0 Å². The molecule has 5 aromatic rings. The van der Waals surface area contributed by atoms with Gasteiger partial charge in [-0.2, -0.15) is 10.1 Å². The minimum Gasteiger partial charge on any atom is -0.490 e. The Labute approximate surface area is 249 Å². The number of carbonyl (C=O) groups is 1. The molecule has 3 aromatic carbocycles. The molecule has 1 saturated heterocycles. The van der Waals surface area contributed by atoms with Crippen molar-refractivity contribution in [3.63, 3.8) is 0 Å². The van der Waals surface area contributed by atoms with Crippen LogP contribution in [-0.2, 0) is 4.79 Å². The summed E-state index contributed by atoms with van der Waals surface area (Å²) in [6.45, 7) is 13.3. The topological polar surface area (TPSA) is 96.4 Å². The molecule has 0 unspecified atom stereocenters. The van der Waals surface area contributed by atoms with Crippen LogP contribution in [0.3, 0.4) is 0 Å². The number of para-hydroxylation sites is 1. The van der Waals surface area contributed by atoms with Gasteiger partial charge in [-0.25, -0.2) is 4.79 Å². The van der Waals surface area contributed by atoms with E-state index in [9.17, 15) is 9.59 Å². The maximum atomic E-state index is 14.2. The number of nitrogens with one attached hydrogen (secondary N) is 1. The second-order valence-electron chi connectivity index (χ2n) is 11.9. The summed E-state index contributed by atoms with van der Waals surface area (Å²) in [6.07, 6.45) is 3.19. The van der Waals surface area contributed by atoms with Gasteiger partial charge in [-0.3, -0.25) is 14.5 Å². The van der Waals surface area contributed by atoms with Gasteiger partial charge in [-0.15, -0.1) is 0 Å². The lowest BCUT2D eigenvalue weighted by atomic mass is 9.95. The number of piperazine rings is 1. The van der Waals surface area contributed by atoms with Crippen LogP contribution in [0.5, 0.6) is 5.75 Å². The summed E-state index contributed by atoms with van der Waals surface area (Å²) in [5, 5.41) is 9.17. The molecule has 9 nitrogen and oxygen atoms in total. The normalized spacial score (nSPS) is 18.1. The lowest BCUT2D eigenvalue weighted by molar-refractivity contribution is -0.129.